The Balaban J connectivity index is 2.96. The summed E-state index contributed by atoms with van der Waals surface area (Å²) in [6.07, 6.45) is 8.30. The molecule has 0 aliphatic heterocycles. The second-order valence-corrected chi connectivity index (χ2v) is 5.79. The predicted molar refractivity (Wildman–Crippen MR) is 87.1 cm³/mol. The van der Waals surface area contributed by atoms with Crippen molar-refractivity contribution in [1.29, 1.82) is 0 Å². The van der Waals surface area contributed by atoms with Gasteiger partial charge in [-0.05, 0) is 24.8 Å². The van der Waals surface area contributed by atoms with E-state index in [1.165, 1.54) is 12.0 Å². The minimum absolute atomic E-state index is 0.245. The fraction of sp³-hybridized carbons (Fsp3) is 0.632. The van der Waals surface area contributed by atoms with Gasteiger partial charge in [0.15, 0.2) is 0 Å². The summed E-state index contributed by atoms with van der Waals surface area (Å²) in [4.78, 5) is 12.9. The number of carbonyl (C=O) groups excluding carboxylic acids is 1. The van der Waals surface area contributed by atoms with Gasteiger partial charge in [0.2, 0.25) is 0 Å². The van der Waals surface area contributed by atoms with Crippen LogP contribution in [0.5, 0.6) is 0 Å². The van der Waals surface area contributed by atoms with Gasteiger partial charge in [0.05, 0.1) is 5.41 Å². The van der Waals surface area contributed by atoms with E-state index in [1.54, 1.807) is 0 Å². The van der Waals surface area contributed by atoms with Crippen LogP contribution in [0.15, 0.2) is 30.3 Å². The largest absolute Gasteiger partial charge is 0.299 e. The lowest BCUT2D eigenvalue weighted by Crippen LogP contribution is -2.35. The normalized spacial score (nSPS) is 13.9. The van der Waals surface area contributed by atoms with Gasteiger partial charge in [-0.15, -0.1) is 0 Å². The fourth-order valence-corrected chi connectivity index (χ4v) is 3.03. The zero-order valence-electron chi connectivity index (χ0n) is 13.5. The molecule has 1 heteroatoms. The van der Waals surface area contributed by atoms with Crippen LogP contribution in [0.4, 0.5) is 0 Å². The monoisotopic (exact) mass is 274 g/mol. The van der Waals surface area contributed by atoms with Crippen molar-refractivity contribution in [2.24, 2.45) is 0 Å². The molecule has 0 amide bonds. The third-order valence-corrected chi connectivity index (χ3v) is 4.43. The molecule has 112 valence electrons. The quantitative estimate of drug-likeness (QED) is 0.502. The van der Waals surface area contributed by atoms with Gasteiger partial charge in [-0.3, -0.25) is 4.79 Å². The minimum atomic E-state index is -0.245. The molecular weight excluding hydrogens is 244 g/mol. The third kappa shape index (κ3) is 4.19. The van der Waals surface area contributed by atoms with E-state index in [-0.39, 0.29) is 5.41 Å². The Labute approximate surface area is 124 Å². The second kappa shape index (κ2) is 8.94. The molecule has 0 heterocycles. The maximum absolute atomic E-state index is 12.9. The number of hydrogen-bond acceptors (Lipinski definition) is 1. The third-order valence-electron chi connectivity index (χ3n) is 4.43. The zero-order chi connectivity index (χ0) is 14.8. The van der Waals surface area contributed by atoms with Crippen molar-refractivity contribution in [3.8, 4) is 0 Å². The minimum Gasteiger partial charge on any atom is -0.299 e. The number of carbonyl (C=O) groups is 1. The Bertz CT molecular complexity index is 382. The van der Waals surface area contributed by atoms with Gasteiger partial charge in [-0.25, -0.2) is 0 Å². The molecule has 0 saturated heterocycles. The molecule has 1 aromatic carbocycles. The van der Waals surface area contributed by atoms with E-state index in [0.717, 1.165) is 44.9 Å². The summed E-state index contributed by atoms with van der Waals surface area (Å²) in [5.41, 5.74) is 0.975. The highest BCUT2D eigenvalue weighted by atomic mass is 16.1. The van der Waals surface area contributed by atoms with Crippen LogP contribution in [0.2, 0.25) is 0 Å². The van der Waals surface area contributed by atoms with Crippen molar-refractivity contribution >= 4 is 5.78 Å². The van der Waals surface area contributed by atoms with Crippen LogP contribution in [0, 0.1) is 0 Å². The van der Waals surface area contributed by atoms with Gasteiger partial charge >= 0.3 is 0 Å². The van der Waals surface area contributed by atoms with Crippen LogP contribution < -0.4 is 0 Å². The highest BCUT2D eigenvalue weighted by molar-refractivity contribution is 5.90. The van der Waals surface area contributed by atoms with Crippen LogP contribution in [0.1, 0.15) is 77.7 Å². The highest BCUT2D eigenvalue weighted by Crippen LogP contribution is 2.36. The smallest absolute Gasteiger partial charge is 0.143 e. The molecule has 20 heavy (non-hydrogen) atoms. The molecule has 1 rings (SSSR count). The van der Waals surface area contributed by atoms with E-state index < -0.39 is 0 Å². The Morgan fingerprint density at radius 2 is 1.60 bits per heavy atom. The second-order valence-electron chi connectivity index (χ2n) is 5.79. The Kier molecular flexibility index (Phi) is 7.58. The van der Waals surface area contributed by atoms with Crippen LogP contribution >= 0.6 is 0 Å². The van der Waals surface area contributed by atoms with Crippen molar-refractivity contribution in [2.75, 3.05) is 0 Å². The molecule has 1 aromatic rings. The van der Waals surface area contributed by atoms with Crippen molar-refractivity contribution < 1.29 is 4.79 Å². The van der Waals surface area contributed by atoms with Crippen LogP contribution in [-0.2, 0) is 10.2 Å². The van der Waals surface area contributed by atoms with Crippen molar-refractivity contribution in [1.82, 2.24) is 0 Å². The number of rotatable bonds is 10. The number of Topliss-reactive ketones (excluding diaryl/α,β-unsaturated/α-hetero) is 1. The standard InChI is InChI=1S/C19H30O/c1-4-7-10-15-18(20)19(6-3,16-8-5-2)17-13-11-9-12-14-17/h9,11-14H,4-8,10,15-16H2,1-3H3. The average Bonchev–Trinajstić information content (AvgIpc) is 2.50. The molecule has 0 spiro atoms. The number of ketones is 1. The first-order valence-electron chi connectivity index (χ1n) is 8.30. The zero-order valence-corrected chi connectivity index (χ0v) is 13.5. The summed E-state index contributed by atoms with van der Waals surface area (Å²) in [6.45, 7) is 6.55. The first-order chi connectivity index (χ1) is 9.71. The lowest BCUT2D eigenvalue weighted by atomic mass is 9.70. The molecule has 0 N–H and O–H groups in total. The Morgan fingerprint density at radius 1 is 0.950 bits per heavy atom. The van der Waals surface area contributed by atoms with Gasteiger partial charge in [-0.2, -0.15) is 0 Å². The van der Waals surface area contributed by atoms with E-state index in [1.807, 2.05) is 6.07 Å². The number of hydrogen-bond donors (Lipinski definition) is 0. The molecule has 1 atom stereocenters. The van der Waals surface area contributed by atoms with Gasteiger partial charge in [0.25, 0.3) is 0 Å². The van der Waals surface area contributed by atoms with Gasteiger partial charge in [-0.1, -0.05) is 76.8 Å². The van der Waals surface area contributed by atoms with Crippen LogP contribution in [-0.4, -0.2) is 5.78 Å². The summed E-state index contributed by atoms with van der Waals surface area (Å²) in [5.74, 6) is 0.452. The predicted octanol–water partition coefficient (Wildman–Crippen LogP) is 5.67. The first kappa shape index (κ1) is 16.9. The molecule has 1 nitrogen and oxygen atoms in total. The number of unbranched alkanes of at least 4 members (excludes halogenated alkanes) is 3. The van der Waals surface area contributed by atoms with E-state index >= 15 is 0 Å². The maximum atomic E-state index is 12.9. The van der Waals surface area contributed by atoms with Gasteiger partial charge in [0.1, 0.15) is 5.78 Å². The van der Waals surface area contributed by atoms with E-state index in [4.69, 9.17) is 0 Å². The Morgan fingerprint density at radius 3 is 2.15 bits per heavy atom. The first-order valence-corrected chi connectivity index (χ1v) is 8.30. The SMILES string of the molecule is CCCCCC(=O)C(CC)(CCCC)c1ccccc1. The van der Waals surface area contributed by atoms with E-state index in [0.29, 0.717) is 5.78 Å². The topological polar surface area (TPSA) is 17.1 Å². The molecule has 0 aromatic heterocycles. The molecule has 0 bridgehead atoms. The van der Waals surface area contributed by atoms with Crippen molar-refractivity contribution in [2.45, 2.75) is 77.6 Å². The van der Waals surface area contributed by atoms with Crippen molar-refractivity contribution in [3.05, 3.63) is 35.9 Å². The molecular formula is C19H30O. The molecule has 1 unspecified atom stereocenters. The lowest BCUT2D eigenvalue weighted by Gasteiger charge is -2.32. The average molecular weight is 274 g/mol. The number of benzene rings is 1. The van der Waals surface area contributed by atoms with Crippen LogP contribution in [0.25, 0.3) is 0 Å². The summed E-state index contributed by atoms with van der Waals surface area (Å²) in [7, 11) is 0. The highest BCUT2D eigenvalue weighted by Gasteiger charge is 2.36. The molecule has 0 aliphatic rings. The molecule has 0 saturated carbocycles. The summed E-state index contributed by atoms with van der Waals surface area (Å²) in [6, 6.07) is 10.4. The Hall–Kier alpha value is -1.11. The molecule has 0 fully saturated rings. The lowest BCUT2D eigenvalue weighted by molar-refractivity contribution is -0.125. The van der Waals surface area contributed by atoms with E-state index in [9.17, 15) is 4.79 Å². The molecule has 0 aliphatic carbocycles. The molecule has 0 radical (unpaired) electrons. The van der Waals surface area contributed by atoms with E-state index in [2.05, 4.69) is 45.0 Å². The summed E-state index contributed by atoms with van der Waals surface area (Å²) in [5, 5.41) is 0. The maximum Gasteiger partial charge on any atom is 0.143 e. The van der Waals surface area contributed by atoms with Crippen molar-refractivity contribution in [3.63, 3.8) is 0 Å². The summed E-state index contributed by atoms with van der Waals surface area (Å²) < 4.78 is 0. The van der Waals surface area contributed by atoms with Gasteiger partial charge < -0.3 is 0 Å². The fourth-order valence-electron chi connectivity index (χ4n) is 3.03. The van der Waals surface area contributed by atoms with Crippen LogP contribution in [0.3, 0.4) is 0 Å². The summed E-state index contributed by atoms with van der Waals surface area (Å²) >= 11 is 0. The van der Waals surface area contributed by atoms with Gasteiger partial charge in [0, 0.05) is 6.42 Å².